The molecule has 0 saturated heterocycles. The first-order valence-corrected chi connectivity index (χ1v) is 8.90. The Kier molecular flexibility index (Phi) is 2.53. The van der Waals surface area contributed by atoms with Gasteiger partial charge in [-0.25, -0.2) is 0 Å². The van der Waals surface area contributed by atoms with Crippen LogP contribution in [0, 0.1) is 5.41 Å². The number of fused-ring (bicyclic) bond motifs is 10. The maximum Gasteiger partial charge on any atom is 0.273 e. The van der Waals surface area contributed by atoms with E-state index in [0.717, 1.165) is 11.0 Å². The Morgan fingerprint density at radius 1 is 1.12 bits per heavy atom. The molecule has 0 amide bonds. The van der Waals surface area contributed by atoms with Crippen LogP contribution in [0.5, 0.6) is 0 Å². The molecule has 3 aromatic rings. The van der Waals surface area contributed by atoms with Crippen molar-refractivity contribution in [3.05, 3.63) is 58.1 Å². The number of rotatable bonds is 0. The summed E-state index contributed by atoms with van der Waals surface area (Å²) in [6.45, 7) is 7.26. The van der Waals surface area contributed by atoms with Crippen LogP contribution in [0.3, 0.4) is 0 Å². The SMILES string of the molecule is CC12CCCC(c3c1n1ccc(=O)nc1c1ccccc31)C2(C)C. The van der Waals surface area contributed by atoms with Crippen LogP contribution in [-0.4, -0.2) is 9.38 Å². The van der Waals surface area contributed by atoms with Gasteiger partial charge in [0.2, 0.25) is 0 Å². The summed E-state index contributed by atoms with van der Waals surface area (Å²) in [6.07, 6.45) is 5.66. The predicted molar refractivity (Wildman–Crippen MR) is 96.7 cm³/mol. The van der Waals surface area contributed by atoms with Gasteiger partial charge in [-0.15, -0.1) is 0 Å². The van der Waals surface area contributed by atoms with Gasteiger partial charge < -0.3 is 4.40 Å². The van der Waals surface area contributed by atoms with Gasteiger partial charge >= 0.3 is 0 Å². The Bertz CT molecular complexity index is 1060. The first-order valence-electron chi connectivity index (χ1n) is 8.90. The average Bonchev–Trinajstić information content (AvgIpc) is 2.67. The van der Waals surface area contributed by atoms with Crippen molar-refractivity contribution in [3.8, 4) is 0 Å². The van der Waals surface area contributed by atoms with Gasteiger partial charge in [-0.1, -0.05) is 51.5 Å². The Balaban J connectivity index is 2.09. The maximum absolute atomic E-state index is 11.9. The van der Waals surface area contributed by atoms with Crippen LogP contribution in [0.15, 0.2) is 41.3 Å². The summed E-state index contributed by atoms with van der Waals surface area (Å²) in [7, 11) is 0. The average molecular weight is 318 g/mol. The molecule has 1 saturated carbocycles. The molecular weight excluding hydrogens is 296 g/mol. The molecule has 3 nitrogen and oxygen atoms in total. The van der Waals surface area contributed by atoms with E-state index in [9.17, 15) is 4.79 Å². The number of pyridine rings is 1. The second-order valence-electron chi connectivity index (χ2n) is 8.27. The fourth-order valence-corrected chi connectivity index (χ4v) is 5.52. The van der Waals surface area contributed by atoms with Gasteiger partial charge in [0, 0.05) is 28.8 Å². The fraction of sp³-hybridized carbons (Fsp3) is 0.429. The molecule has 0 N–H and O–H groups in total. The number of hydrogen-bond donors (Lipinski definition) is 0. The van der Waals surface area contributed by atoms with Crippen molar-refractivity contribution in [3.63, 3.8) is 0 Å². The normalized spacial score (nSPS) is 27.5. The zero-order valence-electron chi connectivity index (χ0n) is 14.5. The first-order chi connectivity index (χ1) is 11.4. The summed E-state index contributed by atoms with van der Waals surface area (Å²) in [5, 5.41) is 2.38. The summed E-state index contributed by atoms with van der Waals surface area (Å²) in [5.74, 6) is 0.569. The van der Waals surface area contributed by atoms with Crippen molar-refractivity contribution >= 4 is 16.4 Å². The minimum Gasteiger partial charge on any atom is -0.304 e. The molecule has 2 unspecified atom stereocenters. The van der Waals surface area contributed by atoms with Gasteiger partial charge in [-0.3, -0.25) is 4.79 Å². The number of hydrogen-bond acceptors (Lipinski definition) is 2. The number of benzene rings is 1. The molecule has 2 bridgehead atoms. The molecule has 24 heavy (non-hydrogen) atoms. The predicted octanol–water partition coefficient (Wildman–Crippen LogP) is 4.41. The molecule has 2 aromatic heterocycles. The van der Waals surface area contributed by atoms with Gasteiger partial charge in [0.15, 0.2) is 0 Å². The van der Waals surface area contributed by atoms with E-state index in [-0.39, 0.29) is 16.4 Å². The zero-order valence-corrected chi connectivity index (χ0v) is 14.5. The van der Waals surface area contributed by atoms with Crippen molar-refractivity contribution in [1.82, 2.24) is 9.38 Å². The first kappa shape index (κ1) is 14.2. The highest BCUT2D eigenvalue weighted by molar-refractivity contribution is 5.98. The third-order valence-corrected chi connectivity index (χ3v) is 7.10. The van der Waals surface area contributed by atoms with Gasteiger partial charge in [0.1, 0.15) is 5.65 Å². The monoisotopic (exact) mass is 318 g/mol. The molecule has 3 heteroatoms. The highest BCUT2D eigenvalue weighted by Crippen LogP contribution is 2.66. The lowest BCUT2D eigenvalue weighted by Crippen LogP contribution is -2.41. The van der Waals surface area contributed by atoms with E-state index in [2.05, 4.69) is 48.4 Å². The molecule has 2 aliphatic carbocycles. The van der Waals surface area contributed by atoms with Crippen molar-refractivity contribution in [2.75, 3.05) is 0 Å². The van der Waals surface area contributed by atoms with Gasteiger partial charge in [-0.2, -0.15) is 4.98 Å². The van der Waals surface area contributed by atoms with E-state index in [0.29, 0.717) is 5.92 Å². The molecule has 0 spiro atoms. The Morgan fingerprint density at radius 3 is 2.67 bits per heavy atom. The van der Waals surface area contributed by atoms with Crippen molar-refractivity contribution in [2.45, 2.75) is 51.4 Å². The zero-order chi connectivity index (χ0) is 16.7. The van der Waals surface area contributed by atoms with Gasteiger partial charge in [0.25, 0.3) is 5.56 Å². The summed E-state index contributed by atoms with van der Waals surface area (Å²) in [6, 6.07) is 10.1. The third-order valence-electron chi connectivity index (χ3n) is 7.10. The molecule has 2 atom stereocenters. The minimum atomic E-state index is -0.162. The van der Waals surface area contributed by atoms with Crippen LogP contribution in [-0.2, 0) is 5.41 Å². The van der Waals surface area contributed by atoms with E-state index in [1.807, 2.05) is 12.3 Å². The molecule has 0 radical (unpaired) electrons. The number of aromatic nitrogens is 2. The standard InChI is InChI=1S/C21H22N2O/c1-20(2)15-9-6-11-21(20,3)18-17(15)13-7-4-5-8-14(13)19-22-16(24)10-12-23(18)19/h4-5,7-8,10,12,15H,6,9,11H2,1-3H3. The van der Waals surface area contributed by atoms with Crippen molar-refractivity contribution < 1.29 is 0 Å². The van der Waals surface area contributed by atoms with Crippen molar-refractivity contribution in [2.24, 2.45) is 5.41 Å². The summed E-state index contributed by atoms with van der Waals surface area (Å²) >= 11 is 0. The van der Waals surface area contributed by atoms with E-state index in [4.69, 9.17) is 0 Å². The van der Waals surface area contributed by atoms with Crippen LogP contribution >= 0.6 is 0 Å². The van der Waals surface area contributed by atoms with E-state index in [1.54, 1.807) is 6.07 Å². The lowest BCUT2D eigenvalue weighted by atomic mass is 9.58. The second kappa shape index (κ2) is 4.27. The summed E-state index contributed by atoms with van der Waals surface area (Å²) in [5.41, 5.74) is 3.86. The molecule has 2 aliphatic rings. The second-order valence-corrected chi connectivity index (χ2v) is 8.27. The van der Waals surface area contributed by atoms with E-state index in [1.165, 1.54) is 35.9 Å². The van der Waals surface area contributed by atoms with E-state index >= 15 is 0 Å². The molecule has 5 rings (SSSR count). The lowest BCUT2D eigenvalue weighted by molar-refractivity contribution is 0.106. The van der Waals surface area contributed by atoms with Crippen LogP contribution in [0.25, 0.3) is 16.4 Å². The van der Waals surface area contributed by atoms with Crippen LogP contribution in [0.1, 0.15) is 57.2 Å². The van der Waals surface area contributed by atoms with Gasteiger partial charge in [0.05, 0.1) is 0 Å². The summed E-state index contributed by atoms with van der Waals surface area (Å²) in [4.78, 5) is 16.3. The quantitative estimate of drug-likeness (QED) is 0.575. The Morgan fingerprint density at radius 2 is 1.88 bits per heavy atom. The highest BCUT2D eigenvalue weighted by atomic mass is 16.1. The molecule has 122 valence electrons. The van der Waals surface area contributed by atoms with Crippen LogP contribution in [0.2, 0.25) is 0 Å². The molecule has 1 fully saturated rings. The van der Waals surface area contributed by atoms with Gasteiger partial charge in [-0.05, 0) is 35.1 Å². The topological polar surface area (TPSA) is 34.4 Å². The Labute approximate surface area is 141 Å². The largest absolute Gasteiger partial charge is 0.304 e. The highest BCUT2D eigenvalue weighted by Gasteiger charge is 2.58. The maximum atomic E-state index is 11.9. The number of nitrogens with zero attached hydrogens (tertiary/aromatic N) is 2. The lowest BCUT2D eigenvalue weighted by Gasteiger charge is -2.46. The Hall–Kier alpha value is -2.16. The minimum absolute atomic E-state index is 0.115. The van der Waals surface area contributed by atoms with Crippen LogP contribution < -0.4 is 5.56 Å². The molecule has 2 heterocycles. The molecular formula is C21H22N2O. The van der Waals surface area contributed by atoms with E-state index < -0.39 is 0 Å². The summed E-state index contributed by atoms with van der Waals surface area (Å²) < 4.78 is 2.21. The van der Waals surface area contributed by atoms with Crippen molar-refractivity contribution in [1.29, 1.82) is 0 Å². The fourth-order valence-electron chi connectivity index (χ4n) is 5.52. The molecule has 1 aromatic carbocycles. The molecule has 0 aliphatic heterocycles. The third kappa shape index (κ3) is 1.44. The smallest absolute Gasteiger partial charge is 0.273 e. The van der Waals surface area contributed by atoms with Crippen LogP contribution in [0.4, 0.5) is 0 Å².